The molecule has 0 radical (unpaired) electrons. The van der Waals surface area contributed by atoms with Gasteiger partial charge in [0, 0.05) is 12.6 Å². The van der Waals surface area contributed by atoms with Gasteiger partial charge in [0.15, 0.2) is 0 Å². The molecule has 1 amide bonds. The van der Waals surface area contributed by atoms with Gasteiger partial charge in [0.25, 0.3) is 0 Å². The third-order valence-electron chi connectivity index (χ3n) is 4.29. The number of hydrogen-bond donors (Lipinski definition) is 2. The highest BCUT2D eigenvalue weighted by atomic mass is 16.1. The molecule has 1 unspecified atom stereocenters. The zero-order valence-electron chi connectivity index (χ0n) is 12.3. The zero-order chi connectivity index (χ0) is 13.8. The standard InChI is InChI=1S/C14H29N3O/c1-5-16-14(3,13(15)18)10-17(4)12-8-6-11(2)7-9-12/h11-12,16H,5-10H2,1-4H3,(H2,15,18). The Balaban J connectivity index is 2.56. The van der Waals surface area contributed by atoms with Crippen LogP contribution in [0.3, 0.4) is 0 Å². The van der Waals surface area contributed by atoms with Crippen LogP contribution >= 0.6 is 0 Å². The number of rotatable bonds is 6. The predicted molar refractivity (Wildman–Crippen MR) is 75.3 cm³/mol. The summed E-state index contributed by atoms with van der Waals surface area (Å²) in [5.74, 6) is 0.589. The van der Waals surface area contributed by atoms with E-state index in [0.29, 0.717) is 12.6 Å². The quantitative estimate of drug-likeness (QED) is 0.753. The first kappa shape index (κ1) is 15.4. The molecule has 3 N–H and O–H groups in total. The highest BCUT2D eigenvalue weighted by Crippen LogP contribution is 2.27. The minimum Gasteiger partial charge on any atom is -0.368 e. The Labute approximate surface area is 111 Å². The van der Waals surface area contributed by atoms with Crippen LogP contribution < -0.4 is 11.1 Å². The van der Waals surface area contributed by atoms with Gasteiger partial charge in [-0.15, -0.1) is 0 Å². The van der Waals surface area contributed by atoms with Crippen molar-refractivity contribution in [3.8, 4) is 0 Å². The Morgan fingerprint density at radius 1 is 1.39 bits per heavy atom. The maximum absolute atomic E-state index is 11.6. The van der Waals surface area contributed by atoms with Gasteiger partial charge in [-0.25, -0.2) is 0 Å². The van der Waals surface area contributed by atoms with Gasteiger partial charge < -0.3 is 16.0 Å². The Bertz CT molecular complexity index is 274. The van der Waals surface area contributed by atoms with Gasteiger partial charge in [0.05, 0.1) is 0 Å². The number of carbonyl (C=O) groups is 1. The molecule has 0 bridgehead atoms. The molecule has 4 nitrogen and oxygen atoms in total. The van der Waals surface area contributed by atoms with Gasteiger partial charge in [-0.05, 0) is 52.1 Å². The second-order valence-electron chi connectivity index (χ2n) is 6.06. The Kier molecular flexibility index (Phi) is 5.60. The molecule has 1 aliphatic rings. The first-order valence-corrected chi connectivity index (χ1v) is 7.14. The van der Waals surface area contributed by atoms with E-state index in [1.54, 1.807) is 0 Å². The third-order valence-corrected chi connectivity index (χ3v) is 4.29. The Morgan fingerprint density at radius 3 is 2.39 bits per heavy atom. The van der Waals surface area contributed by atoms with Crippen LogP contribution in [0.25, 0.3) is 0 Å². The van der Waals surface area contributed by atoms with E-state index in [1.165, 1.54) is 25.7 Å². The Hall–Kier alpha value is -0.610. The van der Waals surface area contributed by atoms with Crippen molar-refractivity contribution in [3.05, 3.63) is 0 Å². The summed E-state index contributed by atoms with van der Waals surface area (Å²) in [5.41, 5.74) is 4.91. The lowest BCUT2D eigenvalue weighted by Crippen LogP contribution is -2.60. The molecule has 0 aromatic carbocycles. The van der Waals surface area contributed by atoms with Crippen molar-refractivity contribution in [1.82, 2.24) is 10.2 Å². The number of nitrogens with zero attached hydrogens (tertiary/aromatic N) is 1. The van der Waals surface area contributed by atoms with E-state index in [4.69, 9.17) is 5.73 Å². The van der Waals surface area contributed by atoms with Crippen LogP contribution in [0.2, 0.25) is 0 Å². The van der Waals surface area contributed by atoms with Crippen LogP contribution in [0.1, 0.15) is 46.5 Å². The molecule has 0 heterocycles. The molecule has 0 aromatic heterocycles. The number of amides is 1. The van der Waals surface area contributed by atoms with E-state index < -0.39 is 5.54 Å². The van der Waals surface area contributed by atoms with Crippen molar-refractivity contribution >= 4 is 5.91 Å². The van der Waals surface area contributed by atoms with Crippen LogP contribution in [0, 0.1) is 5.92 Å². The molecule has 1 atom stereocenters. The summed E-state index contributed by atoms with van der Waals surface area (Å²) in [6.45, 7) is 7.68. The maximum atomic E-state index is 11.6. The lowest BCUT2D eigenvalue weighted by molar-refractivity contribution is -0.124. The van der Waals surface area contributed by atoms with Crippen LogP contribution in [0.5, 0.6) is 0 Å². The summed E-state index contributed by atoms with van der Waals surface area (Å²) in [7, 11) is 2.11. The van der Waals surface area contributed by atoms with Crippen molar-refractivity contribution in [1.29, 1.82) is 0 Å². The SMILES string of the molecule is CCNC(C)(CN(C)C1CCC(C)CC1)C(N)=O. The second-order valence-corrected chi connectivity index (χ2v) is 6.06. The molecule has 1 saturated carbocycles. The fraction of sp³-hybridized carbons (Fsp3) is 0.929. The van der Waals surface area contributed by atoms with Crippen molar-refractivity contribution in [2.45, 2.75) is 58.0 Å². The topological polar surface area (TPSA) is 58.4 Å². The Morgan fingerprint density at radius 2 is 1.94 bits per heavy atom. The summed E-state index contributed by atoms with van der Waals surface area (Å²) < 4.78 is 0. The van der Waals surface area contributed by atoms with E-state index >= 15 is 0 Å². The highest BCUT2D eigenvalue weighted by Gasteiger charge is 2.33. The molecule has 106 valence electrons. The first-order valence-electron chi connectivity index (χ1n) is 7.14. The largest absolute Gasteiger partial charge is 0.368 e. The number of likely N-dealkylation sites (N-methyl/N-ethyl adjacent to an activating group) is 2. The van der Waals surface area contributed by atoms with E-state index in [2.05, 4.69) is 24.2 Å². The van der Waals surface area contributed by atoms with Crippen LogP contribution in [-0.2, 0) is 4.79 Å². The molecular weight excluding hydrogens is 226 g/mol. The van der Waals surface area contributed by atoms with Gasteiger partial charge in [-0.2, -0.15) is 0 Å². The fourth-order valence-electron chi connectivity index (χ4n) is 2.92. The van der Waals surface area contributed by atoms with Gasteiger partial charge >= 0.3 is 0 Å². The van der Waals surface area contributed by atoms with E-state index in [9.17, 15) is 4.79 Å². The molecule has 4 heteroatoms. The maximum Gasteiger partial charge on any atom is 0.238 e. The van der Waals surface area contributed by atoms with Crippen molar-refractivity contribution in [2.24, 2.45) is 11.7 Å². The summed E-state index contributed by atoms with van der Waals surface area (Å²) in [5, 5.41) is 3.22. The number of nitrogens with one attached hydrogen (secondary N) is 1. The average Bonchev–Trinajstić information content (AvgIpc) is 2.29. The van der Waals surface area contributed by atoms with Gasteiger partial charge in [0.2, 0.25) is 5.91 Å². The molecule has 0 aromatic rings. The summed E-state index contributed by atoms with van der Waals surface area (Å²) >= 11 is 0. The van der Waals surface area contributed by atoms with Crippen LogP contribution in [-0.4, -0.2) is 42.5 Å². The molecular formula is C14H29N3O. The van der Waals surface area contributed by atoms with Crippen molar-refractivity contribution < 1.29 is 4.79 Å². The minimum absolute atomic E-state index is 0.264. The van der Waals surface area contributed by atoms with Crippen LogP contribution in [0.15, 0.2) is 0 Å². The smallest absolute Gasteiger partial charge is 0.238 e. The van der Waals surface area contributed by atoms with Crippen LogP contribution in [0.4, 0.5) is 0 Å². The summed E-state index contributed by atoms with van der Waals surface area (Å²) in [6.07, 6.45) is 5.06. The number of nitrogens with two attached hydrogens (primary N) is 1. The normalized spacial score (nSPS) is 28.1. The number of primary amides is 1. The van der Waals surface area contributed by atoms with Crippen molar-refractivity contribution in [2.75, 3.05) is 20.1 Å². The van der Waals surface area contributed by atoms with Gasteiger partial charge in [0.1, 0.15) is 5.54 Å². The minimum atomic E-state index is -0.618. The zero-order valence-corrected chi connectivity index (χ0v) is 12.3. The first-order chi connectivity index (χ1) is 8.39. The highest BCUT2D eigenvalue weighted by molar-refractivity contribution is 5.84. The second kappa shape index (κ2) is 6.53. The summed E-state index contributed by atoms with van der Waals surface area (Å²) in [4.78, 5) is 13.9. The fourth-order valence-corrected chi connectivity index (χ4v) is 2.92. The lowest BCUT2D eigenvalue weighted by Gasteiger charge is -2.38. The van der Waals surface area contributed by atoms with Gasteiger partial charge in [-0.3, -0.25) is 4.79 Å². The van der Waals surface area contributed by atoms with E-state index in [-0.39, 0.29) is 5.91 Å². The van der Waals surface area contributed by atoms with E-state index in [1.807, 2.05) is 13.8 Å². The third kappa shape index (κ3) is 3.95. The molecule has 0 spiro atoms. The predicted octanol–water partition coefficient (Wildman–Crippen LogP) is 1.35. The molecule has 1 rings (SSSR count). The number of carbonyl (C=O) groups excluding carboxylic acids is 1. The van der Waals surface area contributed by atoms with Gasteiger partial charge in [-0.1, -0.05) is 13.8 Å². The molecule has 1 fully saturated rings. The monoisotopic (exact) mass is 255 g/mol. The molecule has 0 saturated heterocycles. The molecule has 1 aliphatic carbocycles. The van der Waals surface area contributed by atoms with E-state index in [0.717, 1.165) is 12.5 Å². The lowest BCUT2D eigenvalue weighted by atomic mass is 9.86. The average molecular weight is 255 g/mol. The molecule has 0 aliphatic heterocycles. The van der Waals surface area contributed by atoms with Crippen molar-refractivity contribution in [3.63, 3.8) is 0 Å². The number of hydrogen-bond acceptors (Lipinski definition) is 3. The summed E-state index contributed by atoms with van der Waals surface area (Å²) in [6, 6.07) is 0.596. The molecule has 18 heavy (non-hydrogen) atoms.